The van der Waals surface area contributed by atoms with E-state index in [9.17, 15) is 15.2 Å². The molecule has 0 amide bonds. The topological polar surface area (TPSA) is 78.6 Å². The number of para-hydroxylation sites is 2. The molecule has 6 nitrogen and oxygen atoms in total. The summed E-state index contributed by atoms with van der Waals surface area (Å²) in [5, 5.41) is 21.5. The molecule has 0 bridgehead atoms. The van der Waals surface area contributed by atoms with Gasteiger partial charge in [0.05, 0.1) is 16.3 Å². The van der Waals surface area contributed by atoms with Gasteiger partial charge in [0.1, 0.15) is 6.54 Å². The number of nitrogens with one attached hydrogen (secondary N) is 1. The predicted molar refractivity (Wildman–Crippen MR) is 76.0 cm³/mol. The van der Waals surface area contributed by atoms with Gasteiger partial charge in [0, 0.05) is 0 Å². The number of rotatable bonds is 6. The van der Waals surface area contributed by atoms with Crippen molar-refractivity contribution in [2.24, 2.45) is 0 Å². The molecule has 0 saturated heterocycles. The molecule has 6 heteroatoms. The van der Waals surface area contributed by atoms with Crippen molar-refractivity contribution in [1.29, 1.82) is 0 Å². The monoisotopic (exact) mass is 273 g/mol. The molecule has 1 atom stereocenters. The molecule has 2 rings (SSSR count). The number of aliphatic hydroxyl groups is 1. The van der Waals surface area contributed by atoms with Crippen LogP contribution in [0.2, 0.25) is 0 Å². The Kier molecular flexibility index (Phi) is 4.65. The smallest absolute Gasteiger partial charge is 0.327 e. The second-order valence-corrected chi connectivity index (χ2v) is 4.13. The third kappa shape index (κ3) is 3.53. The minimum atomic E-state index is -1.65. The Balaban J connectivity index is 2.19. The van der Waals surface area contributed by atoms with Gasteiger partial charge < -0.3 is 5.11 Å². The molecule has 0 heterocycles. The van der Waals surface area contributed by atoms with E-state index in [-0.39, 0.29) is 6.54 Å². The first-order chi connectivity index (χ1) is 9.68. The van der Waals surface area contributed by atoms with Crippen LogP contribution in [0.5, 0.6) is 0 Å². The van der Waals surface area contributed by atoms with Gasteiger partial charge in [-0.2, -0.15) is 0 Å². The molecule has 0 radical (unpaired) electrons. The molecule has 1 unspecified atom stereocenters. The highest BCUT2D eigenvalue weighted by molar-refractivity contribution is 5.61. The van der Waals surface area contributed by atoms with Crippen molar-refractivity contribution in [3.8, 4) is 0 Å². The molecule has 0 fully saturated rings. The number of aliphatic hydroxyl groups excluding tert-OH is 1. The lowest BCUT2D eigenvalue weighted by Crippen LogP contribution is -2.41. The highest BCUT2D eigenvalue weighted by atomic mass is 16.7. The minimum absolute atomic E-state index is 0.184. The summed E-state index contributed by atoms with van der Waals surface area (Å²) < 4.78 is 0. The van der Waals surface area contributed by atoms with E-state index in [1.807, 2.05) is 60.7 Å². The molecule has 0 spiro atoms. The molecular weight excluding hydrogens is 258 g/mol. The Bertz CT molecular complexity index is 509. The molecule has 20 heavy (non-hydrogen) atoms. The number of nitrogens with zero attached hydrogens (tertiary/aromatic N) is 2. The molecule has 0 aliphatic heterocycles. The maximum absolute atomic E-state index is 10.5. The van der Waals surface area contributed by atoms with Gasteiger partial charge in [-0.05, 0) is 24.3 Å². The zero-order valence-electron chi connectivity index (χ0n) is 10.7. The van der Waals surface area contributed by atoms with Crippen molar-refractivity contribution in [2.75, 3.05) is 11.6 Å². The molecule has 2 aromatic rings. The fraction of sp³-hybridized carbons (Fsp3) is 0.143. The lowest BCUT2D eigenvalue weighted by atomic mass is 10.2. The van der Waals surface area contributed by atoms with Crippen molar-refractivity contribution in [1.82, 2.24) is 5.43 Å². The van der Waals surface area contributed by atoms with Crippen LogP contribution in [0.3, 0.4) is 0 Å². The molecule has 0 aliphatic carbocycles. The van der Waals surface area contributed by atoms with Crippen LogP contribution in [-0.4, -0.2) is 22.8 Å². The maximum Gasteiger partial charge on any atom is 0.327 e. The third-order valence-corrected chi connectivity index (χ3v) is 2.70. The van der Waals surface area contributed by atoms with Crippen molar-refractivity contribution in [3.05, 3.63) is 70.8 Å². The summed E-state index contributed by atoms with van der Waals surface area (Å²) in [6.45, 7) is -0.184. The van der Waals surface area contributed by atoms with Crippen molar-refractivity contribution in [2.45, 2.75) is 6.23 Å². The summed E-state index contributed by atoms with van der Waals surface area (Å²) in [5.74, 6) is 0. The van der Waals surface area contributed by atoms with Gasteiger partial charge in [-0.25, -0.2) is 5.43 Å². The van der Waals surface area contributed by atoms with E-state index in [0.717, 1.165) is 11.4 Å². The molecule has 0 aromatic heterocycles. The second-order valence-electron chi connectivity index (χ2n) is 4.13. The van der Waals surface area contributed by atoms with E-state index < -0.39 is 11.2 Å². The second kappa shape index (κ2) is 6.65. The standard InChI is InChI=1S/C14H15N3O3/c18-14(17(19)20)11-15-16(12-7-3-1-4-8-12)13-9-5-2-6-10-13/h1-10,14-15,18H,11H2. The number of nitro groups is 1. The molecule has 0 saturated carbocycles. The summed E-state index contributed by atoms with van der Waals surface area (Å²) in [7, 11) is 0. The van der Waals surface area contributed by atoms with Gasteiger partial charge >= 0.3 is 6.23 Å². The number of hydrogen-bond donors (Lipinski definition) is 2. The SMILES string of the molecule is O=[N+]([O-])C(O)CNN(c1ccccc1)c1ccccc1. The summed E-state index contributed by atoms with van der Waals surface area (Å²) in [6.07, 6.45) is -1.65. The van der Waals surface area contributed by atoms with Gasteiger partial charge in [0.15, 0.2) is 0 Å². The van der Waals surface area contributed by atoms with Crippen molar-refractivity contribution in [3.63, 3.8) is 0 Å². The van der Waals surface area contributed by atoms with Crippen LogP contribution in [0.15, 0.2) is 60.7 Å². The number of anilines is 2. The van der Waals surface area contributed by atoms with Crippen LogP contribution in [0.4, 0.5) is 11.4 Å². The Morgan fingerprint density at radius 1 is 1.05 bits per heavy atom. The average Bonchev–Trinajstić information content (AvgIpc) is 2.49. The van der Waals surface area contributed by atoms with E-state index in [2.05, 4.69) is 5.43 Å². The number of hydrogen-bond acceptors (Lipinski definition) is 5. The van der Waals surface area contributed by atoms with Gasteiger partial charge in [0.2, 0.25) is 0 Å². The van der Waals surface area contributed by atoms with Crippen molar-refractivity contribution < 1.29 is 10.0 Å². The van der Waals surface area contributed by atoms with Crippen LogP contribution < -0.4 is 10.4 Å². The van der Waals surface area contributed by atoms with Crippen LogP contribution in [0.25, 0.3) is 0 Å². The van der Waals surface area contributed by atoms with Crippen LogP contribution >= 0.6 is 0 Å². The van der Waals surface area contributed by atoms with E-state index in [0.29, 0.717) is 0 Å². The van der Waals surface area contributed by atoms with E-state index in [1.54, 1.807) is 5.01 Å². The predicted octanol–water partition coefficient (Wildman–Crippen LogP) is 1.92. The average molecular weight is 273 g/mol. The van der Waals surface area contributed by atoms with E-state index >= 15 is 0 Å². The largest absolute Gasteiger partial charge is 0.332 e. The summed E-state index contributed by atoms with van der Waals surface area (Å²) in [5.41, 5.74) is 4.53. The molecule has 2 aromatic carbocycles. The first-order valence-electron chi connectivity index (χ1n) is 6.14. The van der Waals surface area contributed by atoms with Crippen molar-refractivity contribution >= 4 is 11.4 Å². The zero-order chi connectivity index (χ0) is 14.4. The highest BCUT2D eigenvalue weighted by Crippen LogP contribution is 2.22. The first-order valence-corrected chi connectivity index (χ1v) is 6.14. The lowest BCUT2D eigenvalue weighted by Gasteiger charge is -2.25. The molecule has 104 valence electrons. The van der Waals surface area contributed by atoms with Gasteiger partial charge in [-0.3, -0.25) is 15.1 Å². The van der Waals surface area contributed by atoms with Gasteiger partial charge in [0.25, 0.3) is 0 Å². The Morgan fingerprint density at radius 2 is 1.50 bits per heavy atom. The summed E-state index contributed by atoms with van der Waals surface area (Å²) in [6, 6.07) is 18.8. The summed E-state index contributed by atoms with van der Waals surface area (Å²) in [4.78, 5) is 9.75. The third-order valence-electron chi connectivity index (χ3n) is 2.70. The summed E-state index contributed by atoms with van der Waals surface area (Å²) >= 11 is 0. The van der Waals surface area contributed by atoms with E-state index in [4.69, 9.17) is 0 Å². The Labute approximate surface area is 116 Å². The fourth-order valence-electron chi connectivity index (χ4n) is 1.73. The van der Waals surface area contributed by atoms with Crippen LogP contribution in [0.1, 0.15) is 0 Å². The number of hydrazine groups is 1. The maximum atomic E-state index is 10.5. The number of benzene rings is 2. The lowest BCUT2D eigenvalue weighted by molar-refractivity contribution is -0.567. The Morgan fingerprint density at radius 3 is 1.90 bits per heavy atom. The normalized spacial score (nSPS) is 11.8. The Hall–Kier alpha value is -2.44. The quantitative estimate of drug-likeness (QED) is 0.477. The zero-order valence-corrected chi connectivity index (χ0v) is 10.7. The van der Waals surface area contributed by atoms with Crippen LogP contribution in [-0.2, 0) is 0 Å². The molecular formula is C14H15N3O3. The van der Waals surface area contributed by atoms with Gasteiger partial charge in [-0.15, -0.1) is 0 Å². The molecule has 2 N–H and O–H groups in total. The highest BCUT2D eigenvalue weighted by Gasteiger charge is 2.17. The fourth-order valence-corrected chi connectivity index (χ4v) is 1.73. The minimum Gasteiger partial charge on any atom is -0.332 e. The first kappa shape index (κ1) is 14.0. The van der Waals surface area contributed by atoms with E-state index in [1.165, 1.54) is 0 Å². The van der Waals surface area contributed by atoms with Gasteiger partial charge in [-0.1, -0.05) is 36.4 Å². The van der Waals surface area contributed by atoms with Crippen LogP contribution in [0, 0.1) is 10.1 Å². The molecule has 0 aliphatic rings.